The Morgan fingerprint density at radius 2 is 1.91 bits per heavy atom. The lowest BCUT2D eigenvalue weighted by Gasteiger charge is -2.25. The van der Waals surface area contributed by atoms with Crippen molar-refractivity contribution in [3.05, 3.63) is 23.8 Å². The predicted molar refractivity (Wildman–Crippen MR) is 120 cm³/mol. The minimum Gasteiger partial charge on any atom is -0.490 e. The molecular formula is C19H26F2N4O6S2. The van der Waals surface area contributed by atoms with Gasteiger partial charge in [-0.05, 0) is 18.6 Å². The fourth-order valence-electron chi connectivity index (χ4n) is 3.49. The van der Waals surface area contributed by atoms with Gasteiger partial charge in [-0.1, -0.05) is 4.47 Å². The molecule has 0 unspecified atom stereocenters. The van der Waals surface area contributed by atoms with Gasteiger partial charge in [0.25, 0.3) is 0 Å². The van der Waals surface area contributed by atoms with Gasteiger partial charge in [-0.3, -0.25) is 9.74 Å². The van der Waals surface area contributed by atoms with E-state index in [1.54, 1.807) is 0 Å². The summed E-state index contributed by atoms with van der Waals surface area (Å²) in [5, 5.41) is 0.379. The first-order chi connectivity index (χ1) is 15.5. The van der Waals surface area contributed by atoms with Crippen LogP contribution >= 0.6 is 12.2 Å². The van der Waals surface area contributed by atoms with Crippen LogP contribution in [0.1, 0.15) is 12.8 Å². The molecule has 14 heteroatoms. The highest BCUT2D eigenvalue weighted by Crippen LogP contribution is 2.32. The summed E-state index contributed by atoms with van der Waals surface area (Å²) in [4.78, 5) is 20.0. The SMILES string of the molecule is COC(=S)CC[C@H]1CN(c2cc(F)c(N3CCON(S(=O)(=O)N(C)C)CC3)c(F)c2)C(=O)O1. The van der Waals surface area contributed by atoms with Crippen LogP contribution in [0.5, 0.6) is 0 Å². The Kier molecular flexibility index (Phi) is 8.05. The molecule has 2 heterocycles. The van der Waals surface area contributed by atoms with Gasteiger partial charge in [0.1, 0.15) is 11.8 Å². The zero-order valence-electron chi connectivity index (χ0n) is 18.5. The number of anilines is 2. The van der Waals surface area contributed by atoms with Crippen LogP contribution in [0.2, 0.25) is 0 Å². The summed E-state index contributed by atoms with van der Waals surface area (Å²) in [7, 11) is 0.342. The summed E-state index contributed by atoms with van der Waals surface area (Å²) in [6, 6.07) is 2.11. The second-order valence-corrected chi connectivity index (χ2v) is 10.1. The fourth-order valence-corrected chi connectivity index (χ4v) is 4.50. The molecule has 1 aromatic carbocycles. The molecular weight excluding hydrogens is 482 g/mol. The lowest BCUT2D eigenvalue weighted by atomic mass is 10.2. The van der Waals surface area contributed by atoms with Crippen LogP contribution in [-0.4, -0.2) is 88.4 Å². The van der Waals surface area contributed by atoms with Gasteiger partial charge in [-0.15, -0.1) is 0 Å². The Hall–Kier alpha value is -2.13. The second kappa shape index (κ2) is 10.4. The fraction of sp³-hybridized carbons (Fsp3) is 0.579. The molecule has 0 aromatic heterocycles. The van der Waals surface area contributed by atoms with Crippen molar-refractivity contribution in [1.29, 1.82) is 0 Å². The molecule has 0 aliphatic carbocycles. The normalized spacial score (nSPS) is 20.2. The summed E-state index contributed by atoms with van der Waals surface area (Å²) in [6.45, 7) is -0.00650. The third-order valence-electron chi connectivity index (χ3n) is 5.27. The molecule has 1 amide bonds. The number of carbonyl (C=O) groups excluding carboxylic acids is 1. The van der Waals surface area contributed by atoms with Gasteiger partial charge < -0.3 is 14.4 Å². The largest absolute Gasteiger partial charge is 0.490 e. The number of hydrogen-bond acceptors (Lipinski definition) is 8. The van der Waals surface area contributed by atoms with E-state index in [1.165, 1.54) is 26.1 Å². The van der Waals surface area contributed by atoms with E-state index in [9.17, 15) is 22.0 Å². The average Bonchev–Trinajstić information content (AvgIpc) is 2.95. The van der Waals surface area contributed by atoms with Gasteiger partial charge in [0.15, 0.2) is 16.7 Å². The maximum Gasteiger partial charge on any atom is 0.414 e. The van der Waals surface area contributed by atoms with Crippen LogP contribution in [0.3, 0.4) is 0 Å². The van der Waals surface area contributed by atoms with E-state index >= 15 is 0 Å². The summed E-state index contributed by atoms with van der Waals surface area (Å²) in [6.07, 6.45) is -0.346. The number of hydroxylamine groups is 1. The Morgan fingerprint density at radius 1 is 1.24 bits per heavy atom. The number of ether oxygens (including phenoxy) is 2. The first kappa shape index (κ1) is 25.5. The van der Waals surface area contributed by atoms with Crippen LogP contribution in [-0.2, 0) is 24.5 Å². The molecule has 2 aliphatic rings. The molecule has 10 nitrogen and oxygen atoms in total. The van der Waals surface area contributed by atoms with E-state index in [4.69, 9.17) is 26.5 Å². The molecule has 2 fully saturated rings. The highest BCUT2D eigenvalue weighted by atomic mass is 32.2. The van der Waals surface area contributed by atoms with Gasteiger partial charge in [-0.25, -0.2) is 13.6 Å². The zero-order chi connectivity index (χ0) is 24.3. The predicted octanol–water partition coefficient (Wildman–Crippen LogP) is 1.90. The van der Waals surface area contributed by atoms with E-state index in [-0.39, 0.29) is 44.2 Å². The van der Waals surface area contributed by atoms with E-state index in [1.807, 2.05) is 0 Å². The third kappa shape index (κ3) is 5.69. The van der Waals surface area contributed by atoms with Crippen LogP contribution in [0.15, 0.2) is 12.1 Å². The molecule has 33 heavy (non-hydrogen) atoms. The number of benzene rings is 1. The van der Waals surface area contributed by atoms with E-state index in [2.05, 4.69) is 0 Å². The minimum absolute atomic E-state index is 0.00744. The standard InChI is InChI=1S/C19H26F2N4O6S2/c1-22(2)33(27,28)25-7-6-23(8-9-30-25)18-15(20)10-13(11-16(18)21)24-12-14(31-19(24)26)4-5-17(32)29-3/h10-11,14H,4-9,12H2,1-3H3/t14-/m0/s1. The number of cyclic esters (lactones) is 1. The molecule has 0 spiro atoms. The quantitative estimate of drug-likeness (QED) is 0.516. The van der Waals surface area contributed by atoms with Gasteiger partial charge in [0, 0.05) is 45.7 Å². The molecule has 2 aliphatic heterocycles. The monoisotopic (exact) mass is 508 g/mol. The molecule has 0 radical (unpaired) electrons. The summed E-state index contributed by atoms with van der Waals surface area (Å²) >= 11 is 4.97. The molecule has 184 valence electrons. The Balaban J connectivity index is 1.73. The van der Waals surface area contributed by atoms with Crippen molar-refractivity contribution in [3.63, 3.8) is 0 Å². The maximum absolute atomic E-state index is 15.0. The topological polar surface area (TPSA) is 91.9 Å². The average molecular weight is 509 g/mol. The number of halogens is 2. The number of hydrogen-bond donors (Lipinski definition) is 0. The number of nitrogens with zero attached hydrogens (tertiary/aromatic N) is 4. The second-order valence-electron chi connectivity index (χ2n) is 7.63. The van der Waals surface area contributed by atoms with Crippen LogP contribution < -0.4 is 9.80 Å². The third-order valence-corrected chi connectivity index (χ3v) is 7.37. The van der Waals surface area contributed by atoms with Crippen molar-refractivity contribution in [1.82, 2.24) is 8.77 Å². The molecule has 2 saturated heterocycles. The molecule has 1 aromatic rings. The van der Waals surface area contributed by atoms with Gasteiger partial charge >= 0.3 is 16.3 Å². The van der Waals surface area contributed by atoms with Crippen molar-refractivity contribution in [2.75, 3.05) is 63.8 Å². The molecule has 0 N–H and O–H groups in total. The van der Waals surface area contributed by atoms with Gasteiger partial charge in [0.2, 0.25) is 0 Å². The number of amides is 1. The first-order valence-electron chi connectivity index (χ1n) is 10.2. The maximum atomic E-state index is 15.0. The summed E-state index contributed by atoms with van der Waals surface area (Å²) < 4.78 is 66.5. The number of rotatable bonds is 7. The van der Waals surface area contributed by atoms with Crippen molar-refractivity contribution >= 4 is 44.9 Å². The highest BCUT2D eigenvalue weighted by Gasteiger charge is 2.34. The summed E-state index contributed by atoms with van der Waals surface area (Å²) in [5.74, 6) is -1.77. The lowest BCUT2D eigenvalue weighted by Crippen LogP contribution is -2.41. The van der Waals surface area contributed by atoms with Crippen molar-refractivity contribution < 1.29 is 36.3 Å². The Bertz CT molecular complexity index is 987. The van der Waals surface area contributed by atoms with E-state index in [0.717, 1.165) is 25.8 Å². The lowest BCUT2D eigenvalue weighted by molar-refractivity contribution is -0.0738. The van der Waals surface area contributed by atoms with Gasteiger partial charge in [0.05, 0.1) is 32.5 Å². The Labute approximate surface area is 196 Å². The van der Waals surface area contributed by atoms with Crippen LogP contribution in [0.4, 0.5) is 25.0 Å². The number of methoxy groups -OCH3 is 1. The van der Waals surface area contributed by atoms with E-state index in [0.29, 0.717) is 17.9 Å². The van der Waals surface area contributed by atoms with Crippen molar-refractivity contribution in [3.8, 4) is 0 Å². The molecule has 3 rings (SSSR count). The van der Waals surface area contributed by atoms with Gasteiger partial charge in [-0.2, -0.15) is 12.7 Å². The number of carbonyl (C=O) groups is 1. The van der Waals surface area contributed by atoms with Crippen molar-refractivity contribution in [2.45, 2.75) is 18.9 Å². The number of thiocarbonyl (C=S) groups is 1. The van der Waals surface area contributed by atoms with E-state index < -0.39 is 34.0 Å². The smallest absolute Gasteiger partial charge is 0.414 e. The zero-order valence-corrected chi connectivity index (χ0v) is 20.1. The van der Waals surface area contributed by atoms with Crippen LogP contribution in [0.25, 0.3) is 0 Å². The first-order valence-corrected chi connectivity index (χ1v) is 12.0. The highest BCUT2D eigenvalue weighted by molar-refractivity contribution is 7.86. The molecule has 0 bridgehead atoms. The minimum atomic E-state index is -3.83. The molecule has 1 atom stereocenters. The summed E-state index contributed by atoms with van der Waals surface area (Å²) in [5.41, 5.74) is -0.292. The van der Waals surface area contributed by atoms with Crippen LogP contribution in [0, 0.1) is 11.6 Å². The van der Waals surface area contributed by atoms with Crippen molar-refractivity contribution in [2.24, 2.45) is 0 Å². The molecule has 0 saturated carbocycles. The Morgan fingerprint density at radius 3 is 2.52 bits per heavy atom.